The molecule has 2 fully saturated rings. The van der Waals surface area contributed by atoms with Gasteiger partial charge >= 0.3 is 6.09 Å². The fourth-order valence-corrected chi connectivity index (χ4v) is 5.36. The predicted octanol–water partition coefficient (Wildman–Crippen LogP) is 1.10. The number of benzene rings is 1. The normalized spacial score (nSPS) is 18.9. The first kappa shape index (κ1) is 20.3. The van der Waals surface area contributed by atoms with E-state index in [4.69, 9.17) is 4.74 Å². The minimum atomic E-state index is -3.43. The highest BCUT2D eigenvalue weighted by molar-refractivity contribution is 7.89. The molecule has 2 amide bonds. The molecular formula is C19H25N3O5S. The van der Waals surface area contributed by atoms with Crippen molar-refractivity contribution in [2.24, 2.45) is 0 Å². The van der Waals surface area contributed by atoms with E-state index in [1.807, 2.05) is 30.3 Å². The molecule has 28 heavy (non-hydrogen) atoms. The van der Waals surface area contributed by atoms with Gasteiger partial charge < -0.3 is 15.0 Å². The zero-order chi connectivity index (χ0) is 20.1. The summed E-state index contributed by atoms with van der Waals surface area (Å²) in [5, 5.41) is 2.18. The summed E-state index contributed by atoms with van der Waals surface area (Å²) < 4.78 is 32.1. The Hall–Kier alpha value is -2.39. The van der Waals surface area contributed by atoms with E-state index < -0.39 is 21.4 Å². The number of carbonyl (C=O) groups excluding carboxylic acids is 2. The molecule has 2 aliphatic rings. The summed E-state index contributed by atoms with van der Waals surface area (Å²) in [6, 6.07) is 9.23. The Balaban J connectivity index is 1.43. The van der Waals surface area contributed by atoms with Gasteiger partial charge in [0, 0.05) is 26.2 Å². The quantitative estimate of drug-likeness (QED) is 0.713. The van der Waals surface area contributed by atoms with E-state index in [9.17, 15) is 18.0 Å². The third-order valence-electron chi connectivity index (χ3n) is 5.07. The van der Waals surface area contributed by atoms with Gasteiger partial charge in [-0.25, -0.2) is 13.2 Å². The van der Waals surface area contributed by atoms with E-state index in [0.717, 1.165) is 5.56 Å². The van der Waals surface area contributed by atoms with Crippen molar-refractivity contribution in [1.82, 2.24) is 14.5 Å². The van der Waals surface area contributed by atoms with Crippen LogP contribution in [0.2, 0.25) is 0 Å². The summed E-state index contributed by atoms with van der Waals surface area (Å²) in [4.78, 5) is 25.0. The lowest BCUT2D eigenvalue weighted by atomic mass is 10.1. The van der Waals surface area contributed by atoms with Crippen molar-refractivity contribution in [3.63, 3.8) is 0 Å². The van der Waals surface area contributed by atoms with Crippen LogP contribution >= 0.6 is 0 Å². The van der Waals surface area contributed by atoms with Gasteiger partial charge in [-0.05, 0) is 24.5 Å². The minimum Gasteiger partial charge on any atom is -0.445 e. The molecule has 2 aliphatic heterocycles. The number of nitrogens with one attached hydrogen (secondary N) is 1. The lowest BCUT2D eigenvalue weighted by Crippen LogP contribution is -2.62. The summed E-state index contributed by atoms with van der Waals surface area (Å²) >= 11 is 0. The molecule has 0 saturated carbocycles. The highest BCUT2D eigenvalue weighted by atomic mass is 32.2. The average Bonchev–Trinajstić information content (AvgIpc) is 2.69. The Morgan fingerprint density at radius 1 is 1.18 bits per heavy atom. The lowest BCUT2D eigenvalue weighted by Gasteiger charge is -2.41. The zero-order valence-corrected chi connectivity index (χ0v) is 16.4. The number of nitrogens with zero attached hydrogens (tertiary/aromatic N) is 2. The van der Waals surface area contributed by atoms with Gasteiger partial charge in [-0.15, -0.1) is 0 Å². The number of hydrogen-bond acceptors (Lipinski definition) is 5. The topological polar surface area (TPSA) is 96.0 Å². The van der Waals surface area contributed by atoms with E-state index in [1.54, 1.807) is 4.90 Å². The van der Waals surface area contributed by atoms with Gasteiger partial charge in [-0.1, -0.05) is 36.9 Å². The van der Waals surface area contributed by atoms with E-state index in [1.165, 1.54) is 10.4 Å². The second-order valence-electron chi connectivity index (χ2n) is 7.00. The minimum absolute atomic E-state index is 0.173. The maximum Gasteiger partial charge on any atom is 0.410 e. The number of carbonyl (C=O) groups is 2. The van der Waals surface area contributed by atoms with Crippen LogP contribution in [-0.2, 0) is 26.2 Å². The van der Waals surface area contributed by atoms with Crippen molar-refractivity contribution in [3.8, 4) is 0 Å². The Morgan fingerprint density at radius 3 is 2.43 bits per heavy atom. The first-order chi connectivity index (χ1) is 13.4. The van der Waals surface area contributed by atoms with Gasteiger partial charge in [0.05, 0.1) is 11.3 Å². The maximum atomic E-state index is 12.7. The maximum absolute atomic E-state index is 12.7. The molecule has 0 spiro atoms. The fraction of sp³-hybridized carbons (Fsp3) is 0.474. The second kappa shape index (κ2) is 8.74. The summed E-state index contributed by atoms with van der Waals surface area (Å²) in [5.41, 5.74) is 0.907. The van der Waals surface area contributed by atoms with Crippen LogP contribution in [0.5, 0.6) is 0 Å². The Morgan fingerprint density at radius 2 is 1.82 bits per heavy atom. The third kappa shape index (κ3) is 4.71. The predicted molar refractivity (Wildman–Crippen MR) is 104 cm³/mol. The molecule has 0 unspecified atom stereocenters. The van der Waals surface area contributed by atoms with E-state index in [2.05, 4.69) is 11.9 Å². The van der Waals surface area contributed by atoms with Crippen LogP contribution in [0.3, 0.4) is 0 Å². The Labute approximate surface area is 165 Å². The summed E-state index contributed by atoms with van der Waals surface area (Å²) in [7, 11) is -3.43. The Bertz CT molecular complexity index is 813. The molecular weight excluding hydrogens is 382 g/mol. The SMILES string of the molecule is C=CC(=O)NC1CN(S(=O)(=O)C2CCN(C(=O)OCc3ccccc3)CC2)C1. The largest absolute Gasteiger partial charge is 0.445 e. The monoisotopic (exact) mass is 407 g/mol. The van der Waals surface area contributed by atoms with Gasteiger partial charge in [0.2, 0.25) is 15.9 Å². The molecule has 0 bridgehead atoms. The molecule has 0 atom stereocenters. The molecule has 8 nitrogen and oxygen atoms in total. The van der Waals surface area contributed by atoms with Gasteiger partial charge in [0.25, 0.3) is 0 Å². The summed E-state index contributed by atoms with van der Waals surface area (Å²) in [6.07, 6.45) is 1.51. The molecule has 2 heterocycles. The molecule has 0 aliphatic carbocycles. The smallest absolute Gasteiger partial charge is 0.410 e. The molecule has 152 valence electrons. The van der Waals surface area contributed by atoms with Crippen LogP contribution in [0.25, 0.3) is 0 Å². The van der Waals surface area contributed by atoms with Crippen LogP contribution in [0.15, 0.2) is 43.0 Å². The number of hydrogen-bond donors (Lipinski definition) is 1. The highest BCUT2D eigenvalue weighted by Gasteiger charge is 2.42. The molecule has 0 aromatic heterocycles. The summed E-state index contributed by atoms with van der Waals surface area (Å²) in [6.45, 7) is 4.83. The van der Waals surface area contributed by atoms with Crippen LogP contribution < -0.4 is 5.32 Å². The number of amides is 2. The Kier molecular flexibility index (Phi) is 6.35. The molecule has 1 aromatic carbocycles. The van der Waals surface area contributed by atoms with Crippen molar-refractivity contribution in [1.29, 1.82) is 0 Å². The van der Waals surface area contributed by atoms with Crippen LogP contribution in [0.1, 0.15) is 18.4 Å². The number of piperidine rings is 1. The average molecular weight is 407 g/mol. The van der Waals surface area contributed by atoms with Crippen molar-refractivity contribution in [3.05, 3.63) is 48.6 Å². The summed E-state index contributed by atoms with van der Waals surface area (Å²) in [5.74, 6) is -0.302. The number of likely N-dealkylation sites (tertiary alicyclic amines) is 1. The number of ether oxygens (including phenoxy) is 1. The van der Waals surface area contributed by atoms with Crippen molar-refractivity contribution in [2.45, 2.75) is 30.7 Å². The van der Waals surface area contributed by atoms with E-state index >= 15 is 0 Å². The van der Waals surface area contributed by atoms with Crippen molar-refractivity contribution < 1.29 is 22.7 Å². The van der Waals surface area contributed by atoms with Gasteiger partial charge in [-0.2, -0.15) is 4.31 Å². The van der Waals surface area contributed by atoms with E-state index in [0.29, 0.717) is 25.9 Å². The lowest BCUT2D eigenvalue weighted by molar-refractivity contribution is -0.117. The van der Waals surface area contributed by atoms with Crippen molar-refractivity contribution >= 4 is 22.0 Å². The zero-order valence-electron chi connectivity index (χ0n) is 15.6. The molecule has 9 heteroatoms. The van der Waals surface area contributed by atoms with Gasteiger partial charge in [0.1, 0.15) is 6.61 Å². The second-order valence-corrected chi connectivity index (χ2v) is 9.21. The molecule has 3 rings (SSSR count). The number of sulfonamides is 1. The first-order valence-electron chi connectivity index (χ1n) is 9.27. The third-order valence-corrected chi connectivity index (χ3v) is 7.40. The fourth-order valence-electron chi connectivity index (χ4n) is 3.35. The molecule has 1 aromatic rings. The molecule has 1 N–H and O–H groups in total. The van der Waals surface area contributed by atoms with Gasteiger partial charge in [-0.3, -0.25) is 4.79 Å². The molecule has 2 saturated heterocycles. The standard InChI is InChI=1S/C19H25N3O5S/c1-2-18(23)20-16-12-22(13-16)28(25,26)17-8-10-21(11-9-17)19(24)27-14-15-6-4-3-5-7-15/h2-7,16-17H,1,8-14H2,(H,20,23). The van der Waals surface area contributed by atoms with Crippen LogP contribution in [0.4, 0.5) is 4.79 Å². The highest BCUT2D eigenvalue weighted by Crippen LogP contribution is 2.25. The van der Waals surface area contributed by atoms with E-state index in [-0.39, 0.29) is 31.6 Å². The number of rotatable bonds is 6. The van der Waals surface area contributed by atoms with Crippen LogP contribution in [-0.4, -0.2) is 67.1 Å². The van der Waals surface area contributed by atoms with Crippen molar-refractivity contribution in [2.75, 3.05) is 26.2 Å². The van der Waals surface area contributed by atoms with Gasteiger partial charge in [0.15, 0.2) is 0 Å². The first-order valence-corrected chi connectivity index (χ1v) is 10.8. The molecule has 0 radical (unpaired) electrons. The van der Waals surface area contributed by atoms with Crippen LogP contribution in [0, 0.1) is 0 Å².